The second kappa shape index (κ2) is 7.00. The van der Waals surface area contributed by atoms with Gasteiger partial charge in [0.15, 0.2) is 0 Å². The molecule has 0 saturated carbocycles. The SMILES string of the molecule is [CH2-]C(CC)CC.[Na+]. The minimum absolute atomic E-state index is 0. The summed E-state index contributed by atoms with van der Waals surface area (Å²) in [6.45, 7) is 8.21. The topological polar surface area (TPSA) is 0 Å². The van der Waals surface area contributed by atoms with Crippen molar-refractivity contribution in [3.63, 3.8) is 0 Å². The Kier molecular flexibility index (Phi) is 10.9. The molecule has 0 aliphatic carbocycles. The zero-order valence-electron chi connectivity index (χ0n) is 5.70. The molecule has 0 fully saturated rings. The number of hydrogen-bond acceptors (Lipinski definition) is 0. The van der Waals surface area contributed by atoms with Gasteiger partial charge in [0.2, 0.25) is 0 Å². The first-order chi connectivity index (χ1) is 2.81. The van der Waals surface area contributed by atoms with E-state index in [1.165, 1.54) is 12.8 Å². The molecule has 0 aliphatic heterocycles. The second-order valence-electron chi connectivity index (χ2n) is 1.68. The van der Waals surface area contributed by atoms with Gasteiger partial charge in [0, 0.05) is 0 Å². The fourth-order valence-electron chi connectivity index (χ4n) is 0.289. The predicted molar refractivity (Wildman–Crippen MR) is 29.4 cm³/mol. The van der Waals surface area contributed by atoms with Crippen molar-refractivity contribution in [1.82, 2.24) is 0 Å². The van der Waals surface area contributed by atoms with Crippen molar-refractivity contribution in [3.8, 4) is 0 Å². The Morgan fingerprint density at radius 2 is 1.57 bits per heavy atom. The van der Waals surface area contributed by atoms with Crippen LogP contribution < -0.4 is 29.6 Å². The summed E-state index contributed by atoms with van der Waals surface area (Å²) in [6.07, 6.45) is 2.44. The molecule has 0 bridgehead atoms. The van der Waals surface area contributed by atoms with E-state index < -0.39 is 0 Å². The molecule has 0 aliphatic rings. The van der Waals surface area contributed by atoms with E-state index in [4.69, 9.17) is 0 Å². The zero-order chi connectivity index (χ0) is 4.99. The molecule has 0 radical (unpaired) electrons. The van der Waals surface area contributed by atoms with E-state index >= 15 is 0 Å². The van der Waals surface area contributed by atoms with Crippen molar-refractivity contribution in [2.45, 2.75) is 26.7 Å². The third-order valence-corrected chi connectivity index (χ3v) is 1.15. The molecular weight excluding hydrogens is 95.1 g/mol. The Hall–Kier alpha value is 1.00. The molecule has 0 amide bonds. The smallest absolute Gasteiger partial charge is 0.340 e. The normalized spacial score (nSPS) is 8.57. The van der Waals surface area contributed by atoms with E-state index in [2.05, 4.69) is 20.8 Å². The summed E-state index contributed by atoms with van der Waals surface area (Å²) in [5.74, 6) is 0.685. The molecule has 0 unspecified atom stereocenters. The third-order valence-electron chi connectivity index (χ3n) is 1.15. The van der Waals surface area contributed by atoms with Crippen molar-refractivity contribution in [1.29, 1.82) is 0 Å². The zero-order valence-corrected chi connectivity index (χ0v) is 7.70. The van der Waals surface area contributed by atoms with Gasteiger partial charge in [-0.1, -0.05) is 26.7 Å². The molecule has 0 N–H and O–H groups in total. The number of hydrogen-bond donors (Lipinski definition) is 0. The van der Waals surface area contributed by atoms with Crippen molar-refractivity contribution in [2.75, 3.05) is 0 Å². The first kappa shape index (κ1) is 10.9. The van der Waals surface area contributed by atoms with Crippen molar-refractivity contribution < 1.29 is 29.6 Å². The molecule has 38 valence electrons. The van der Waals surface area contributed by atoms with Gasteiger partial charge in [-0.2, -0.15) is 5.92 Å². The Bertz CT molecular complexity index is 23.4. The van der Waals surface area contributed by atoms with Crippen molar-refractivity contribution >= 4 is 0 Å². The van der Waals surface area contributed by atoms with E-state index in [1.54, 1.807) is 0 Å². The summed E-state index contributed by atoms with van der Waals surface area (Å²) in [4.78, 5) is 0. The van der Waals surface area contributed by atoms with E-state index in [9.17, 15) is 0 Å². The maximum Gasteiger partial charge on any atom is 1.00 e. The summed E-state index contributed by atoms with van der Waals surface area (Å²) in [5.41, 5.74) is 0. The van der Waals surface area contributed by atoms with Crippen LogP contribution in [0, 0.1) is 12.8 Å². The maximum atomic E-state index is 3.88. The summed E-state index contributed by atoms with van der Waals surface area (Å²) < 4.78 is 0. The van der Waals surface area contributed by atoms with Gasteiger partial charge in [-0.3, -0.25) is 0 Å². The van der Waals surface area contributed by atoms with Crippen LogP contribution in [0.1, 0.15) is 26.7 Å². The van der Waals surface area contributed by atoms with Crippen LogP contribution in [-0.2, 0) is 0 Å². The van der Waals surface area contributed by atoms with Crippen LogP contribution in [-0.4, -0.2) is 0 Å². The van der Waals surface area contributed by atoms with Crippen LogP contribution in [0.4, 0.5) is 0 Å². The Morgan fingerprint density at radius 1 is 1.29 bits per heavy atom. The molecule has 0 spiro atoms. The van der Waals surface area contributed by atoms with Gasteiger partial charge < -0.3 is 6.92 Å². The van der Waals surface area contributed by atoms with Crippen LogP contribution in [0.3, 0.4) is 0 Å². The first-order valence-electron chi connectivity index (χ1n) is 2.64. The van der Waals surface area contributed by atoms with Gasteiger partial charge in [-0.25, -0.2) is 0 Å². The maximum absolute atomic E-state index is 3.88. The molecule has 0 saturated heterocycles. The minimum atomic E-state index is 0. The summed E-state index contributed by atoms with van der Waals surface area (Å²) in [7, 11) is 0. The molecular formula is C6H13Na. The Balaban J connectivity index is 0. The minimum Gasteiger partial charge on any atom is -0.340 e. The van der Waals surface area contributed by atoms with Crippen LogP contribution in [0.25, 0.3) is 0 Å². The van der Waals surface area contributed by atoms with E-state index in [1.807, 2.05) is 0 Å². The van der Waals surface area contributed by atoms with Crippen LogP contribution in [0.15, 0.2) is 0 Å². The van der Waals surface area contributed by atoms with E-state index in [-0.39, 0.29) is 29.6 Å². The van der Waals surface area contributed by atoms with Crippen LogP contribution >= 0.6 is 0 Å². The van der Waals surface area contributed by atoms with Crippen molar-refractivity contribution in [2.24, 2.45) is 5.92 Å². The fourth-order valence-corrected chi connectivity index (χ4v) is 0.289. The van der Waals surface area contributed by atoms with E-state index in [0.717, 1.165) is 0 Å². The molecule has 0 heterocycles. The fraction of sp³-hybridized carbons (Fsp3) is 0.833. The summed E-state index contributed by atoms with van der Waals surface area (Å²) >= 11 is 0. The predicted octanol–water partition coefficient (Wildman–Crippen LogP) is -0.739. The molecule has 0 aromatic rings. The van der Waals surface area contributed by atoms with Gasteiger partial charge in [0.1, 0.15) is 0 Å². The quantitative estimate of drug-likeness (QED) is 0.323. The molecule has 1 heteroatoms. The largest absolute Gasteiger partial charge is 1.00 e. The van der Waals surface area contributed by atoms with Gasteiger partial charge >= 0.3 is 29.6 Å². The van der Waals surface area contributed by atoms with Crippen LogP contribution in [0.5, 0.6) is 0 Å². The summed E-state index contributed by atoms with van der Waals surface area (Å²) in [6, 6.07) is 0. The monoisotopic (exact) mass is 108 g/mol. The number of rotatable bonds is 2. The molecule has 0 nitrogen and oxygen atoms in total. The molecule has 0 atom stereocenters. The molecule has 0 aromatic carbocycles. The van der Waals surface area contributed by atoms with E-state index in [0.29, 0.717) is 5.92 Å². The second-order valence-corrected chi connectivity index (χ2v) is 1.68. The first-order valence-corrected chi connectivity index (χ1v) is 2.64. The standard InChI is InChI=1S/C6H13.Na/c1-4-6(3)5-2;/h6H,3-5H2,1-2H3;/q-1;+1. The summed E-state index contributed by atoms with van der Waals surface area (Å²) in [5, 5.41) is 0. The van der Waals surface area contributed by atoms with Crippen LogP contribution in [0.2, 0.25) is 0 Å². The van der Waals surface area contributed by atoms with Gasteiger partial charge in [0.05, 0.1) is 0 Å². The third kappa shape index (κ3) is 7.00. The average molecular weight is 108 g/mol. The van der Waals surface area contributed by atoms with Crippen molar-refractivity contribution in [3.05, 3.63) is 6.92 Å². The molecule has 7 heavy (non-hydrogen) atoms. The van der Waals surface area contributed by atoms with Gasteiger partial charge in [-0.05, 0) is 0 Å². The molecule has 0 aromatic heterocycles. The van der Waals surface area contributed by atoms with Gasteiger partial charge in [0.25, 0.3) is 0 Å². The molecule has 0 rings (SSSR count). The Labute approximate surface area is 69.0 Å². The average Bonchev–Trinajstić information content (AvgIpc) is 1.65. The van der Waals surface area contributed by atoms with Gasteiger partial charge in [-0.15, -0.1) is 0 Å². The Morgan fingerprint density at radius 3 is 1.57 bits per heavy atom.